The molecule has 0 amide bonds. The highest BCUT2D eigenvalue weighted by Gasteiger charge is 2.23. The minimum absolute atomic E-state index is 0.233. The van der Waals surface area contributed by atoms with Gasteiger partial charge in [0.2, 0.25) is 0 Å². The molecule has 1 aromatic heterocycles. The van der Waals surface area contributed by atoms with Crippen molar-refractivity contribution in [2.75, 3.05) is 6.54 Å². The molecule has 0 fully saturated rings. The van der Waals surface area contributed by atoms with Crippen LogP contribution in [0.3, 0.4) is 0 Å². The minimum atomic E-state index is -0.265. The first-order valence-electron chi connectivity index (χ1n) is 7.25. The molecule has 4 heteroatoms. The van der Waals surface area contributed by atoms with Crippen molar-refractivity contribution < 1.29 is 4.39 Å². The average Bonchev–Trinajstić information content (AvgIpc) is 2.77. The largest absolute Gasteiger partial charge is 0.342 e. The Labute approximate surface area is 119 Å². The Morgan fingerprint density at radius 1 is 1.30 bits per heavy atom. The van der Waals surface area contributed by atoms with Crippen molar-refractivity contribution in [2.45, 2.75) is 40.0 Å². The van der Waals surface area contributed by atoms with E-state index in [2.05, 4.69) is 30.7 Å². The van der Waals surface area contributed by atoms with Gasteiger partial charge in [0.15, 0.2) is 5.82 Å². The number of nitrogens with two attached hydrogens (primary N) is 1. The first-order chi connectivity index (χ1) is 9.41. The second-order valence-electron chi connectivity index (χ2n) is 6.50. The fraction of sp³-hybridized carbons (Fsp3) is 0.562. The number of hydrogen-bond acceptors (Lipinski definition) is 2. The fourth-order valence-corrected chi connectivity index (χ4v) is 2.69. The van der Waals surface area contributed by atoms with E-state index in [1.807, 2.05) is 6.07 Å². The van der Waals surface area contributed by atoms with Crippen molar-refractivity contribution in [3.63, 3.8) is 0 Å². The molecule has 1 atom stereocenters. The average molecular weight is 277 g/mol. The maximum Gasteiger partial charge on any atom is 0.151 e. The topological polar surface area (TPSA) is 54.7 Å². The third-order valence-electron chi connectivity index (χ3n) is 3.98. The van der Waals surface area contributed by atoms with Crippen LogP contribution in [-0.4, -0.2) is 16.5 Å². The Morgan fingerprint density at radius 3 is 2.65 bits per heavy atom. The van der Waals surface area contributed by atoms with Crippen molar-refractivity contribution in [1.29, 1.82) is 0 Å². The van der Waals surface area contributed by atoms with E-state index in [1.54, 1.807) is 6.07 Å². The van der Waals surface area contributed by atoms with Gasteiger partial charge in [0, 0.05) is 6.42 Å². The number of aromatic amines is 1. The van der Waals surface area contributed by atoms with Gasteiger partial charge >= 0.3 is 0 Å². The lowest BCUT2D eigenvalue weighted by atomic mass is 9.76. The minimum Gasteiger partial charge on any atom is -0.342 e. The zero-order chi connectivity index (χ0) is 14.8. The molecule has 110 valence electrons. The zero-order valence-corrected chi connectivity index (χ0v) is 12.5. The lowest BCUT2D eigenvalue weighted by molar-refractivity contribution is 0.214. The van der Waals surface area contributed by atoms with E-state index in [1.165, 1.54) is 6.07 Å². The summed E-state index contributed by atoms with van der Waals surface area (Å²) in [6.45, 7) is 7.43. The normalized spacial score (nSPS) is 13.8. The van der Waals surface area contributed by atoms with Crippen LogP contribution in [0, 0.1) is 17.2 Å². The summed E-state index contributed by atoms with van der Waals surface area (Å²) in [6, 6.07) is 5.00. The number of aryl methyl sites for hydroxylation is 1. The van der Waals surface area contributed by atoms with Crippen LogP contribution in [0.2, 0.25) is 0 Å². The van der Waals surface area contributed by atoms with E-state index in [0.717, 1.165) is 30.6 Å². The monoisotopic (exact) mass is 277 g/mol. The Hall–Kier alpha value is -1.42. The number of nitrogens with one attached hydrogen (secondary N) is 1. The molecule has 0 aliphatic carbocycles. The van der Waals surface area contributed by atoms with Crippen molar-refractivity contribution >= 4 is 11.0 Å². The van der Waals surface area contributed by atoms with Crippen molar-refractivity contribution in [3.8, 4) is 0 Å². The quantitative estimate of drug-likeness (QED) is 0.876. The second kappa shape index (κ2) is 5.92. The van der Waals surface area contributed by atoms with Gasteiger partial charge in [-0.15, -0.1) is 0 Å². The molecule has 20 heavy (non-hydrogen) atoms. The highest BCUT2D eigenvalue weighted by Crippen LogP contribution is 2.32. The maximum atomic E-state index is 13.6. The van der Waals surface area contributed by atoms with Gasteiger partial charge in [-0.3, -0.25) is 0 Å². The highest BCUT2D eigenvalue weighted by atomic mass is 19.1. The predicted molar refractivity (Wildman–Crippen MR) is 81.0 cm³/mol. The lowest BCUT2D eigenvalue weighted by Crippen LogP contribution is -2.24. The third-order valence-corrected chi connectivity index (χ3v) is 3.98. The molecule has 0 radical (unpaired) electrons. The van der Waals surface area contributed by atoms with E-state index in [0.29, 0.717) is 18.0 Å². The van der Waals surface area contributed by atoms with Crippen molar-refractivity contribution in [2.24, 2.45) is 17.1 Å². The Kier molecular flexibility index (Phi) is 4.43. The fourth-order valence-electron chi connectivity index (χ4n) is 2.69. The molecule has 0 saturated heterocycles. The van der Waals surface area contributed by atoms with Gasteiger partial charge in [0.05, 0.1) is 5.52 Å². The first-order valence-corrected chi connectivity index (χ1v) is 7.25. The van der Waals surface area contributed by atoms with Crippen LogP contribution < -0.4 is 5.73 Å². The molecule has 0 aliphatic heterocycles. The summed E-state index contributed by atoms with van der Waals surface area (Å²) >= 11 is 0. The van der Waals surface area contributed by atoms with E-state index >= 15 is 0 Å². The summed E-state index contributed by atoms with van der Waals surface area (Å²) in [7, 11) is 0. The van der Waals surface area contributed by atoms with Crippen LogP contribution in [0.5, 0.6) is 0 Å². The molecule has 3 N–H and O–H groups in total. The van der Waals surface area contributed by atoms with Gasteiger partial charge in [-0.2, -0.15) is 0 Å². The third kappa shape index (κ3) is 3.37. The van der Waals surface area contributed by atoms with E-state index in [4.69, 9.17) is 5.73 Å². The second-order valence-corrected chi connectivity index (χ2v) is 6.50. The molecule has 0 bridgehead atoms. The number of nitrogens with zero attached hydrogens (tertiary/aromatic N) is 1. The molecular formula is C16H24FN3. The number of halogens is 1. The van der Waals surface area contributed by atoms with E-state index in [9.17, 15) is 4.39 Å². The standard InChI is InChI=1S/C16H24FN3/c1-16(2,3)11(9-10-18)7-8-14-19-13-6-4-5-12(17)15(13)20-14/h4-6,11H,7-10,18H2,1-3H3,(H,19,20). The summed E-state index contributed by atoms with van der Waals surface area (Å²) in [6.07, 6.45) is 2.86. The van der Waals surface area contributed by atoms with Gasteiger partial charge in [-0.1, -0.05) is 26.8 Å². The molecule has 2 rings (SSSR count). The number of rotatable bonds is 5. The van der Waals surface area contributed by atoms with Crippen LogP contribution in [-0.2, 0) is 6.42 Å². The van der Waals surface area contributed by atoms with Crippen LogP contribution in [0.25, 0.3) is 11.0 Å². The highest BCUT2D eigenvalue weighted by molar-refractivity contribution is 5.75. The summed E-state index contributed by atoms with van der Waals surface area (Å²) in [5, 5.41) is 0. The SMILES string of the molecule is CC(C)(C)C(CCN)CCc1nc2c(F)cccc2[nH]1. The lowest BCUT2D eigenvalue weighted by Gasteiger charge is -2.30. The number of para-hydroxylation sites is 1. The number of benzene rings is 1. The zero-order valence-electron chi connectivity index (χ0n) is 12.5. The Morgan fingerprint density at radius 2 is 2.05 bits per heavy atom. The van der Waals surface area contributed by atoms with Gasteiger partial charge in [-0.25, -0.2) is 9.37 Å². The number of fused-ring (bicyclic) bond motifs is 1. The van der Waals surface area contributed by atoms with Gasteiger partial charge < -0.3 is 10.7 Å². The molecule has 1 aromatic carbocycles. The van der Waals surface area contributed by atoms with Crippen LogP contribution in [0.1, 0.15) is 39.4 Å². The van der Waals surface area contributed by atoms with Gasteiger partial charge in [0.25, 0.3) is 0 Å². The van der Waals surface area contributed by atoms with Gasteiger partial charge in [-0.05, 0) is 42.9 Å². The molecule has 2 aromatic rings. The van der Waals surface area contributed by atoms with E-state index in [-0.39, 0.29) is 11.2 Å². The summed E-state index contributed by atoms with van der Waals surface area (Å²) < 4.78 is 13.6. The van der Waals surface area contributed by atoms with Crippen molar-refractivity contribution in [1.82, 2.24) is 9.97 Å². The number of H-pyrrole nitrogens is 1. The van der Waals surface area contributed by atoms with Gasteiger partial charge in [0.1, 0.15) is 11.3 Å². The molecule has 1 heterocycles. The Bertz CT molecular complexity index is 569. The maximum absolute atomic E-state index is 13.6. The summed E-state index contributed by atoms with van der Waals surface area (Å²) in [5.74, 6) is 1.14. The molecule has 0 saturated carbocycles. The van der Waals surface area contributed by atoms with Crippen LogP contribution in [0.15, 0.2) is 18.2 Å². The molecular weight excluding hydrogens is 253 g/mol. The molecule has 0 spiro atoms. The van der Waals surface area contributed by atoms with E-state index < -0.39 is 0 Å². The Balaban J connectivity index is 2.10. The molecule has 3 nitrogen and oxygen atoms in total. The van der Waals surface area contributed by atoms with Crippen LogP contribution >= 0.6 is 0 Å². The predicted octanol–water partition coefficient (Wildman–Crippen LogP) is 3.65. The summed E-state index contributed by atoms with van der Waals surface area (Å²) in [4.78, 5) is 7.57. The first kappa shape index (κ1) is 15.0. The molecule has 1 unspecified atom stereocenters. The smallest absolute Gasteiger partial charge is 0.151 e. The van der Waals surface area contributed by atoms with Crippen molar-refractivity contribution in [3.05, 3.63) is 29.8 Å². The number of imidazole rings is 1. The summed E-state index contributed by atoms with van der Waals surface area (Å²) in [5.41, 5.74) is 7.14. The van der Waals surface area contributed by atoms with Crippen LogP contribution in [0.4, 0.5) is 4.39 Å². The number of aromatic nitrogens is 2. The number of hydrogen-bond donors (Lipinski definition) is 2. The molecule has 0 aliphatic rings.